The number of ether oxygens (including phenoxy) is 2. The Morgan fingerprint density at radius 2 is 1.79 bits per heavy atom. The summed E-state index contributed by atoms with van der Waals surface area (Å²) in [6.45, 7) is 3.06. The summed E-state index contributed by atoms with van der Waals surface area (Å²) >= 11 is 0. The van der Waals surface area contributed by atoms with Crippen LogP contribution in [0.15, 0.2) is 42.5 Å². The zero-order valence-electron chi connectivity index (χ0n) is 11.3. The molecule has 0 spiro atoms. The summed E-state index contributed by atoms with van der Waals surface area (Å²) in [4.78, 5) is 0. The molecule has 2 rings (SSSR count). The molecule has 0 bridgehead atoms. The maximum Gasteiger partial charge on any atom is 0.124 e. The minimum absolute atomic E-state index is 0.486. The molecule has 0 saturated heterocycles. The van der Waals surface area contributed by atoms with Crippen LogP contribution >= 0.6 is 0 Å². The highest BCUT2D eigenvalue weighted by Crippen LogP contribution is 2.21. The number of hydrogen-bond acceptors (Lipinski definition) is 3. The third-order valence-corrected chi connectivity index (χ3v) is 2.99. The molecule has 2 aromatic rings. The second kappa shape index (κ2) is 6.25. The van der Waals surface area contributed by atoms with Crippen molar-refractivity contribution in [1.29, 1.82) is 0 Å². The van der Waals surface area contributed by atoms with Gasteiger partial charge in [0.15, 0.2) is 0 Å². The molecule has 3 nitrogen and oxygen atoms in total. The van der Waals surface area contributed by atoms with Crippen LogP contribution in [0.2, 0.25) is 0 Å². The highest BCUT2D eigenvalue weighted by molar-refractivity contribution is 5.37. The molecule has 100 valence electrons. The standard InChI is InChI=1S/C16H19NO2/c1-12-3-8-16(14(9-12)10-17)19-11-13-4-6-15(18-2)7-5-13/h3-9H,10-11,17H2,1-2H3. The van der Waals surface area contributed by atoms with Crippen LogP contribution < -0.4 is 15.2 Å². The fourth-order valence-electron chi connectivity index (χ4n) is 1.89. The van der Waals surface area contributed by atoms with Crippen molar-refractivity contribution in [1.82, 2.24) is 0 Å². The predicted octanol–water partition coefficient (Wildman–Crippen LogP) is 3.04. The van der Waals surface area contributed by atoms with Crippen LogP contribution in [0.1, 0.15) is 16.7 Å². The number of nitrogens with two attached hydrogens (primary N) is 1. The van der Waals surface area contributed by atoms with E-state index in [0.717, 1.165) is 22.6 Å². The van der Waals surface area contributed by atoms with Gasteiger partial charge in [-0.15, -0.1) is 0 Å². The average Bonchev–Trinajstić information content (AvgIpc) is 2.46. The first kappa shape index (κ1) is 13.4. The maximum absolute atomic E-state index is 5.82. The second-order valence-corrected chi connectivity index (χ2v) is 4.45. The normalized spacial score (nSPS) is 10.3. The van der Waals surface area contributed by atoms with Crippen LogP contribution in [0.3, 0.4) is 0 Å². The molecule has 3 heteroatoms. The Hall–Kier alpha value is -2.00. The lowest BCUT2D eigenvalue weighted by Crippen LogP contribution is -2.03. The average molecular weight is 257 g/mol. The molecule has 2 aromatic carbocycles. The summed E-state index contributed by atoms with van der Waals surface area (Å²) in [6.07, 6.45) is 0. The Bertz CT molecular complexity index is 535. The predicted molar refractivity (Wildman–Crippen MR) is 76.4 cm³/mol. The first-order valence-corrected chi connectivity index (χ1v) is 6.28. The largest absolute Gasteiger partial charge is 0.497 e. The number of rotatable bonds is 5. The molecule has 0 aliphatic heterocycles. The van der Waals surface area contributed by atoms with Gasteiger partial charge in [-0.1, -0.05) is 29.8 Å². The summed E-state index contributed by atoms with van der Waals surface area (Å²) in [6, 6.07) is 13.9. The van der Waals surface area contributed by atoms with E-state index >= 15 is 0 Å². The Kier molecular flexibility index (Phi) is 4.42. The lowest BCUT2D eigenvalue weighted by atomic mass is 10.1. The van der Waals surface area contributed by atoms with E-state index in [1.807, 2.05) is 43.3 Å². The summed E-state index contributed by atoms with van der Waals surface area (Å²) < 4.78 is 10.9. The molecule has 19 heavy (non-hydrogen) atoms. The van der Waals surface area contributed by atoms with Crippen molar-refractivity contribution in [3.05, 3.63) is 59.2 Å². The minimum Gasteiger partial charge on any atom is -0.497 e. The van der Waals surface area contributed by atoms with E-state index in [-0.39, 0.29) is 0 Å². The monoisotopic (exact) mass is 257 g/mol. The zero-order valence-corrected chi connectivity index (χ0v) is 11.3. The molecule has 0 fully saturated rings. The zero-order chi connectivity index (χ0) is 13.7. The van der Waals surface area contributed by atoms with Crippen LogP contribution in [0.25, 0.3) is 0 Å². The van der Waals surface area contributed by atoms with Gasteiger partial charge in [-0.05, 0) is 30.7 Å². The molecule has 0 amide bonds. The smallest absolute Gasteiger partial charge is 0.124 e. The molecule has 0 heterocycles. The second-order valence-electron chi connectivity index (χ2n) is 4.45. The summed E-state index contributed by atoms with van der Waals surface area (Å²) in [7, 11) is 1.66. The van der Waals surface area contributed by atoms with Gasteiger partial charge < -0.3 is 15.2 Å². The number of methoxy groups -OCH3 is 1. The van der Waals surface area contributed by atoms with E-state index < -0.39 is 0 Å². The van der Waals surface area contributed by atoms with Gasteiger partial charge in [-0.2, -0.15) is 0 Å². The topological polar surface area (TPSA) is 44.5 Å². The lowest BCUT2D eigenvalue weighted by molar-refractivity contribution is 0.302. The van der Waals surface area contributed by atoms with Crippen LogP contribution in [0.4, 0.5) is 0 Å². The summed E-state index contributed by atoms with van der Waals surface area (Å²) in [5, 5.41) is 0. The van der Waals surface area contributed by atoms with Crippen molar-refractivity contribution < 1.29 is 9.47 Å². The van der Waals surface area contributed by atoms with Crippen molar-refractivity contribution in [3.63, 3.8) is 0 Å². The van der Waals surface area contributed by atoms with E-state index in [0.29, 0.717) is 13.2 Å². The third kappa shape index (κ3) is 3.48. The van der Waals surface area contributed by atoms with Gasteiger partial charge in [0.25, 0.3) is 0 Å². The third-order valence-electron chi connectivity index (χ3n) is 2.99. The molecule has 0 radical (unpaired) electrons. The molecular weight excluding hydrogens is 238 g/mol. The van der Waals surface area contributed by atoms with E-state index in [9.17, 15) is 0 Å². The molecule has 2 N–H and O–H groups in total. The first-order chi connectivity index (χ1) is 9.22. The van der Waals surface area contributed by atoms with Gasteiger partial charge in [-0.25, -0.2) is 0 Å². The summed E-state index contributed by atoms with van der Waals surface area (Å²) in [5.74, 6) is 1.70. The van der Waals surface area contributed by atoms with Crippen LogP contribution in [0.5, 0.6) is 11.5 Å². The van der Waals surface area contributed by atoms with E-state index in [1.54, 1.807) is 7.11 Å². The van der Waals surface area contributed by atoms with Gasteiger partial charge in [0.05, 0.1) is 7.11 Å². The molecule has 0 saturated carbocycles. The minimum atomic E-state index is 0.486. The lowest BCUT2D eigenvalue weighted by Gasteiger charge is -2.11. The van der Waals surface area contributed by atoms with E-state index in [2.05, 4.69) is 6.07 Å². The SMILES string of the molecule is COc1ccc(COc2ccc(C)cc2CN)cc1. The molecule has 0 aliphatic rings. The molecule has 0 atom stereocenters. The van der Waals surface area contributed by atoms with Gasteiger partial charge in [0.2, 0.25) is 0 Å². The Morgan fingerprint density at radius 1 is 1.05 bits per heavy atom. The van der Waals surface area contributed by atoms with E-state index in [4.69, 9.17) is 15.2 Å². The van der Waals surface area contributed by atoms with Crippen molar-refractivity contribution in [2.75, 3.05) is 7.11 Å². The number of aryl methyl sites for hydroxylation is 1. The number of hydrogen-bond donors (Lipinski definition) is 1. The highest BCUT2D eigenvalue weighted by atomic mass is 16.5. The van der Waals surface area contributed by atoms with Crippen molar-refractivity contribution in [3.8, 4) is 11.5 Å². The van der Waals surface area contributed by atoms with Crippen LogP contribution in [-0.4, -0.2) is 7.11 Å². The van der Waals surface area contributed by atoms with Crippen LogP contribution in [0, 0.1) is 6.92 Å². The van der Waals surface area contributed by atoms with E-state index in [1.165, 1.54) is 5.56 Å². The molecule has 0 unspecified atom stereocenters. The Morgan fingerprint density at radius 3 is 2.42 bits per heavy atom. The fourth-order valence-corrected chi connectivity index (χ4v) is 1.89. The van der Waals surface area contributed by atoms with Gasteiger partial charge >= 0.3 is 0 Å². The van der Waals surface area contributed by atoms with Crippen LogP contribution in [-0.2, 0) is 13.2 Å². The van der Waals surface area contributed by atoms with Gasteiger partial charge in [0.1, 0.15) is 18.1 Å². The fraction of sp³-hybridized carbons (Fsp3) is 0.250. The molecule has 0 aromatic heterocycles. The first-order valence-electron chi connectivity index (χ1n) is 6.28. The van der Waals surface area contributed by atoms with Crippen molar-refractivity contribution in [2.45, 2.75) is 20.1 Å². The number of benzene rings is 2. The Balaban J connectivity index is 2.05. The van der Waals surface area contributed by atoms with Crippen molar-refractivity contribution >= 4 is 0 Å². The Labute approximate surface area is 114 Å². The molecule has 0 aliphatic carbocycles. The summed E-state index contributed by atoms with van der Waals surface area (Å²) in [5.41, 5.74) is 9.06. The quantitative estimate of drug-likeness (QED) is 0.895. The van der Waals surface area contributed by atoms with Crippen molar-refractivity contribution in [2.24, 2.45) is 5.73 Å². The molecular formula is C16H19NO2. The maximum atomic E-state index is 5.82. The van der Waals surface area contributed by atoms with Gasteiger partial charge in [-0.3, -0.25) is 0 Å². The highest BCUT2D eigenvalue weighted by Gasteiger charge is 2.03. The van der Waals surface area contributed by atoms with Gasteiger partial charge in [0, 0.05) is 12.1 Å².